The average molecular weight is 493 g/mol. The summed E-state index contributed by atoms with van der Waals surface area (Å²) < 4.78 is 3.37. The van der Waals surface area contributed by atoms with Crippen molar-refractivity contribution in [3.63, 3.8) is 0 Å². The Morgan fingerprint density at radius 2 is 1.77 bits per heavy atom. The summed E-state index contributed by atoms with van der Waals surface area (Å²) in [6.07, 6.45) is 0. The largest absolute Gasteiger partial charge is 0.340 e. The predicted molar refractivity (Wildman–Crippen MR) is 140 cm³/mol. The number of imidazole rings is 1. The average Bonchev–Trinajstić information content (AvgIpc) is 3.20. The Kier molecular flexibility index (Phi) is 6.25. The lowest BCUT2D eigenvalue weighted by Gasteiger charge is -2.35. The predicted octanol–water partition coefficient (Wildman–Crippen LogP) is 3.06. The van der Waals surface area contributed by atoms with E-state index in [2.05, 4.69) is 52.9 Å². The topological polar surface area (TPSA) is 79.2 Å². The van der Waals surface area contributed by atoms with Crippen molar-refractivity contribution >= 4 is 28.7 Å². The number of aromatic amines is 1. The number of benzene rings is 2. The van der Waals surface area contributed by atoms with Crippen LogP contribution >= 0.6 is 11.6 Å². The van der Waals surface area contributed by atoms with Crippen LogP contribution in [0.25, 0.3) is 11.2 Å². The number of nitrogens with one attached hydrogen (secondary N) is 1. The summed E-state index contributed by atoms with van der Waals surface area (Å²) in [4.78, 5) is 37.1. The highest BCUT2D eigenvalue weighted by Crippen LogP contribution is 2.24. The van der Waals surface area contributed by atoms with Crippen molar-refractivity contribution in [2.24, 2.45) is 7.05 Å². The number of halogens is 1. The minimum Gasteiger partial charge on any atom is -0.340 e. The zero-order valence-electron chi connectivity index (χ0n) is 20.2. The number of nitrogens with zero attached hydrogens (tertiary/aromatic N) is 5. The molecule has 0 spiro atoms. The Morgan fingerprint density at radius 3 is 2.51 bits per heavy atom. The summed E-state index contributed by atoms with van der Waals surface area (Å²) in [5, 5.41) is 0.747. The number of H-pyrrole nitrogens is 1. The van der Waals surface area contributed by atoms with E-state index >= 15 is 0 Å². The van der Waals surface area contributed by atoms with Gasteiger partial charge in [0, 0.05) is 44.8 Å². The molecule has 0 bridgehead atoms. The minimum absolute atomic E-state index is 0.403. The molecule has 2 aromatic carbocycles. The van der Waals surface area contributed by atoms with Crippen molar-refractivity contribution in [1.29, 1.82) is 0 Å². The van der Waals surface area contributed by atoms with E-state index in [1.54, 1.807) is 7.05 Å². The van der Waals surface area contributed by atoms with E-state index < -0.39 is 11.2 Å². The van der Waals surface area contributed by atoms with Gasteiger partial charge < -0.3 is 4.90 Å². The molecule has 0 unspecified atom stereocenters. The van der Waals surface area contributed by atoms with Crippen LogP contribution in [0.2, 0.25) is 5.02 Å². The Hall–Kier alpha value is -3.36. The zero-order chi connectivity index (χ0) is 24.7. The monoisotopic (exact) mass is 492 g/mol. The first-order chi connectivity index (χ1) is 16.8. The molecule has 4 aromatic rings. The quantitative estimate of drug-likeness (QED) is 0.463. The third-order valence-corrected chi connectivity index (χ3v) is 7.01. The lowest BCUT2D eigenvalue weighted by atomic mass is 10.1. The molecule has 1 saturated heterocycles. The van der Waals surface area contributed by atoms with Gasteiger partial charge >= 0.3 is 5.69 Å². The van der Waals surface area contributed by atoms with Crippen LogP contribution in [0.5, 0.6) is 0 Å². The molecule has 1 aliphatic rings. The summed E-state index contributed by atoms with van der Waals surface area (Å²) in [6.45, 7) is 8.71. The van der Waals surface area contributed by atoms with E-state index in [1.165, 1.54) is 10.1 Å². The first kappa shape index (κ1) is 23.4. The van der Waals surface area contributed by atoms with Gasteiger partial charge in [0.2, 0.25) is 5.95 Å². The molecule has 3 heterocycles. The Bertz CT molecular complexity index is 1510. The first-order valence-corrected chi connectivity index (χ1v) is 12.2. The molecule has 1 fully saturated rings. The van der Waals surface area contributed by atoms with Gasteiger partial charge in [-0.15, -0.1) is 0 Å². The van der Waals surface area contributed by atoms with Gasteiger partial charge in [-0.05, 0) is 42.7 Å². The summed E-state index contributed by atoms with van der Waals surface area (Å²) in [5.41, 5.74) is 4.57. The summed E-state index contributed by atoms with van der Waals surface area (Å²) in [6, 6.07) is 14.3. The zero-order valence-corrected chi connectivity index (χ0v) is 21.0. The maximum Gasteiger partial charge on any atom is 0.329 e. The number of anilines is 1. The fraction of sp³-hybridized carbons (Fsp3) is 0.346. The van der Waals surface area contributed by atoms with Gasteiger partial charge in [0.25, 0.3) is 5.56 Å². The van der Waals surface area contributed by atoms with Crippen molar-refractivity contribution in [3.05, 3.63) is 90.6 Å². The van der Waals surface area contributed by atoms with Crippen molar-refractivity contribution in [2.75, 3.05) is 31.1 Å². The van der Waals surface area contributed by atoms with Gasteiger partial charge in [-0.2, -0.15) is 4.98 Å². The van der Waals surface area contributed by atoms with Crippen LogP contribution in [0.15, 0.2) is 52.1 Å². The third kappa shape index (κ3) is 4.63. The Labute approximate surface area is 208 Å². The first-order valence-electron chi connectivity index (χ1n) is 11.8. The highest BCUT2D eigenvalue weighted by atomic mass is 35.5. The minimum atomic E-state index is -0.461. The summed E-state index contributed by atoms with van der Waals surface area (Å²) >= 11 is 6.16. The van der Waals surface area contributed by atoms with E-state index in [1.807, 2.05) is 22.8 Å². The van der Waals surface area contributed by atoms with Gasteiger partial charge in [-0.1, -0.05) is 47.5 Å². The second-order valence-electron chi connectivity index (χ2n) is 9.31. The van der Waals surface area contributed by atoms with Crippen molar-refractivity contribution in [1.82, 2.24) is 24.0 Å². The smallest absolute Gasteiger partial charge is 0.329 e. The molecular formula is C26H29ClN6O2. The molecule has 2 aromatic heterocycles. The number of hydrogen-bond donors (Lipinski definition) is 1. The Morgan fingerprint density at radius 1 is 1.00 bits per heavy atom. The van der Waals surface area contributed by atoms with Gasteiger partial charge in [0.05, 0.1) is 6.54 Å². The lowest BCUT2D eigenvalue weighted by molar-refractivity contribution is 0.248. The van der Waals surface area contributed by atoms with Crippen molar-refractivity contribution in [3.8, 4) is 0 Å². The second kappa shape index (κ2) is 9.36. The number of rotatable bonds is 5. The molecule has 1 aliphatic heterocycles. The fourth-order valence-electron chi connectivity index (χ4n) is 4.75. The third-order valence-electron chi connectivity index (χ3n) is 6.77. The van der Waals surface area contributed by atoms with Crippen LogP contribution in [0, 0.1) is 13.8 Å². The Balaban J connectivity index is 1.49. The highest BCUT2D eigenvalue weighted by molar-refractivity contribution is 6.30. The van der Waals surface area contributed by atoms with E-state index in [9.17, 15) is 9.59 Å². The molecule has 1 N–H and O–H groups in total. The van der Waals surface area contributed by atoms with Crippen molar-refractivity contribution in [2.45, 2.75) is 26.9 Å². The SMILES string of the molecule is Cc1ccc(C)c(Cn2c(N3CCN(Cc4cccc(Cl)c4)CC3)nc3c2c(=O)[nH]c(=O)n3C)c1. The van der Waals surface area contributed by atoms with Gasteiger partial charge in [0.1, 0.15) is 0 Å². The molecule has 0 radical (unpaired) electrons. The van der Waals surface area contributed by atoms with Gasteiger partial charge in [-0.25, -0.2) is 4.79 Å². The van der Waals surface area contributed by atoms with E-state index in [0.29, 0.717) is 17.7 Å². The van der Waals surface area contributed by atoms with Crippen LogP contribution in [0.4, 0.5) is 5.95 Å². The molecule has 35 heavy (non-hydrogen) atoms. The highest BCUT2D eigenvalue weighted by Gasteiger charge is 2.25. The molecule has 8 nitrogen and oxygen atoms in total. The summed E-state index contributed by atoms with van der Waals surface area (Å²) in [5.74, 6) is 0.718. The number of hydrogen-bond acceptors (Lipinski definition) is 5. The number of aryl methyl sites for hydroxylation is 3. The maximum atomic E-state index is 12.9. The molecule has 182 valence electrons. The molecule has 0 saturated carbocycles. The standard InChI is InChI=1S/C26H29ClN6O2/c1-17-7-8-18(2)20(13-17)16-33-22-23(30(3)26(35)29-24(22)34)28-25(33)32-11-9-31(10-12-32)15-19-5-4-6-21(27)14-19/h4-8,13-14H,9-12,15-16H2,1-3H3,(H,29,34,35). The molecule has 0 amide bonds. The number of piperazine rings is 1. The summed E-state index contributed by atoms with van der Waals surface area (Å²) in [7, 11) is 1.64. The van der Waals surface area contributed by atoms with Crippen LogP contribution in [0.1, 0.15) is 22.3 Å². The molecular weight excluding hydrogens is 464 g/mol. The second-order valence-corrected chi connectivity index (χ2v) is 9.75. The lowest BCUT2D eigenvalue weighted by Crippen LogP contribution is -2.47. The molecule has 5 rings (SSSR count). The number of fused-ring (bicyclic) bond motifs is 1. The van der Waals surface area contributed by atoms with Gasteiger partial charge in [0.15, 0.2) is 11.2 Å². The van der Waals surface area contributed by atoms with E-state index in [-0.39, 0.29) is 0 Å². The van der Waals surface area contributed by atoms with Crippen LogP contribution in [-0.2, 0) is 20.1 Å². The normalized spacial score (nSPS) is 14.7. The number of aromatic nitrogens is 4. The fourth-order valence-corrected chi connectivity index (χ4v) is 4.97. The van der Waals surface area contributed by atoms with Gasteiger partial charge in [-0.3, -0.25) is 23.8 Å². The van der Waals surface area contributed by atoms with Crippen LogP contribution in [-0.4, -0.2) is 50.2 Å². The van der Waals surface area contributed by atoms with E-state index in [0.717, 1.165) is 60.4 Å². The van der Waals surface area contributed by atoms with Crippen molar-refractivity contribution < 1.29 is 0 Å². The van der Waals surface area contributed by atoms with E-state index in [4.69, 9.17) is 16.6 Å². The van der Waals surface area contributed by atoms with Crippen LogP contribution in [0.3, 0.4) is 0 Å². The molecule has 0 aliphatic carbocycles. The molecule has 0 atom stereocenters. The maximum absolute atomic E-state index is 12.9. The molecule has 9 heteroatoms. The van der Waals surface area contributed by atoms with Crippen LogP contribution < -0.4 is 16.1 Å².